The van der Waals surface area contributed by atoms with Crippen molar-refractivity contribution >= 4 is 33.4 Å². The van der Waals surface area contributed by atoms with E-state index in [0.717, 1.165) is 48.8 Å². The Bertz CT molecular complexity index is 1420. The van der Waals surface area contributed by atoms with Crippen molar-refractivity contribution in [3.63, 3.8) is 0 Å². The Morgan fingerprint density at radius 2 is 1.53 bits per heavy atom. The van der Waals surface area contributed by atoms with Gasteiger partial charge in [-0.1, -0.05) is 86.0 Å². The fraction of sp³-hybridized carbons (Fsp3) is 0.412. The summed E-state index contributed by atoms with van der Waals surface area (Å²) in [7, 11) is -3.50. The minimum atomic E-state index is -3.50. The predicted octanol–water partition coefficient (Wildman–Crippen LogP) is 6.00. The molecule has 0 saturated carbocycles. The second kappa shape index (κ2) is 16.0. The van der Waals surface area contributed by atoms with Crippen LogP contribution >= 0.6 is 11.6 Å². The number of carbonyl (C=O) groups excluding carboxylic acids is 2. The Kier molecular flexibility index (Phi) is 12.2. The van der Waals surface area contributed by atoms with Crippen LogP contribution in [-0.4, -0.2) is 55.1 Å². The van der Waals surface area contributed by atoms with Crippen LogP contribution in [0.5, 0.6) is 0 Å². The Morgan fingerprint density at radius 3 is 2.19 bits per heavy atom. The van der Waals surface area contributed by atoms with Gasteiger partial charge < -0.3 is 10.2 Å². The Labute approximate surface area is 261 Å². The van der Waals surface area contributed by atoms with Crippen LogP contribution in [0, 0.1) is 0 Å². The molecule has 230 valence electrons. The number of unbranched alkanes of at least 4 members (excludes halogenated alkanes) is 2. The lowest BCUT2D eigenvalue weighted by Gasteiger charge is -2.32. The Morgan fingerprint density at radius 1 is 0.884 bits per heavy atom. The molecular formula is C34H42ClN3O4S. The Hall–Kier alpha value is -3.20. The highest BCUT2D eigenvalue weighted by molar-refractivity contribution is 7.89. The van der Waals surface area contributed by atoms with Gasteiger partial charge in [0.05, 0.1) is 4.90 Å². The van der Waals surface area contributed by atoms with Crippen LogP contribution in [0.15, 0.2) is 83.8 Å². The third kappa shape index (κ3) is 9.39. The average molecular weight is 624 g/mol. The van der Waals surface area contributed by atoms with Gasteiger partial charge in [0, 0.05) is 44.0 Å². The van der Waals surface area contributed by atoms with E-state index in [0.29, 0.717) is 37.5 Å². The van der Waals surface area contributed by atoms with E-state index >= 15 is 0 Å². The smallest absolute Gasteiger partial charge is 0.243 e. The number of rotatable bonds is 15. The van der Waals surface area contributed by atoms with E-state index in [1.54, 1.807) is 41.3 Å². The predicted molar refractivity (Wildman–Crippen MR) is 171 cm³/mol. The van der Waals surface area contributed by atoms with Crippen molar-refractivity contribution in [2.75, 3.05) is 19.6 Å². The summed E-state index contributed by atoms with van der Waals surface area (Å²) in [6, 6.07) is 23.2. The number of benzene rings is 3. The molecule has 0 aliphatic carbocycles. The quantitative estimate of drug-likeness (QED) is 0.210. The summed E-state index contributed by atoms with van der Waals surface area (Å²) in [6.07, 6.45) is 5.72. The highest BCUT2D eigenvalue weighted by Gasteiger charge is 2.30. The average Bonchev–Trinajstić information content (AvgIpc) is 3.58. The maximum Gasteiger partial charge on any atom is 0.243 e. The molecule has 3 aromatic rings. The highest BCUT2D eigenvalue weighted by atomic mass is 35.5. The molecule has 0 aromatic heterocycles. The molecule has 1 N–H and O–H groups in total. The molecule has 43 heavy (non-hydrogen) atoms. The van der Waals surface area contributed by atoms with E-state index in [1.165, 1.54) is 4.31 Å². The summed E-state index contributed by atoms with van der Waals surface area (Å²) in [5.74, 6) is -0.313. The molecule has 7 nitrogen and oxygen atoms in total. The summed E-state index contributed by atoms with van der Waals surface area (Å²) in [4.78, 5) is 29.5. The lowest BCUT2D eigenvalue weighted by Crippen LogP contribution is -2.50. The van der Waals surface area contributed by atoms with Gasteiger partial charge in [-0.25, -0.2) is 8.42 Å². The van der Waals surface area contributed by atoms with E-state index in [2.05, 4.69) is 12.2 Å². The number of sulfonamides is 1. The third-order valence-corrected chi connectivity index (χ3v) is 10.0. The fourth-order valence-electron chi connectivity index (χ4n) is 5.35. The van der Waals surface area contributed by atoms with Gasteiger partial charge in [0.25, 0.3) is 0 Å². The number of nitrogens with zero attached hydrogens (tertiary/aromatic N) is 2. The Balaban J connectivity index is 1.53. The molecule has 3 aromatic carbocycles. The van der Waals surface area contributed by atoms with Gasteiger partial charge in [-0.05, 0) is 66.6 Å². The first-order valence-corrected chi connectivity index (χ1v) is 17.0. The zero-order valence-corrected chi connectivity index (χ0v) is 26.5. The van der Waals surface area contributed by atoms with Gasteiger partial charge >= 0.3 is 0 Å². The van der Waals surface area contributed by atoms with Gasteiger partial charge in [-0.3, -0.25) is 9.59 Å². The van der Waals surface area contributed by atoms with Gasteiger partial charge in [-0.2, -0.15) is 4.31 Å². The van der Waals surface area contributed by atoms with Crippen molar-refractivity contribution in [2.24, 2.45) is 0 Å². The van der Waals surface area contributed by atoms with E-state index in [-0.39, 0.29) is 29.7 Å². The van der Waals surface area contributed by atoms with E-state index in [1.807, 2.05) is 42.5 Å². The molecule has 1 atom stereocenters. The zero-order valence-electron chi connectivity index (χ0n) is 24.9. The van der Waals surface area contributed by atoms with Crippen molar-refractivity contribution < 1.29 is 18.0 Å². The molecular weight excluding hydrogens is 582 g/mol. The van der Waals surface area contributed by atoms with Crippen LogP contribution in [0.4, 0.5) is 0 Å². The van der Waals surface area contributed by atoms with Crippen molar-refractivity contribution in [3.8, 4) is 0 Å². The van der Waals surface area contributed by atoms with E-state index < -0.39 is 16.1 Å². The number of amides is 2. The third-order valence-electron chi connectivity index (χ3n) is 7.87. The van der Waals surface area contributed by atoms with Gasteiger partial charge in [0.15, 0.2) is 0 Å². The van der Waals surface area contributed by atoms with Gasteiger partial charge in [-0.15, -0.1) is 0 Å². The summed E-state index contributed by atoms with van der Waals surface area (Å²) in [6.45, 7) is 4.06. The molecule has 0 bridgehead atoms. The monoisotopic (exact) mass is 623 g/mol. The molecule has 0 radical (unpaired) electrons. The molecule has 1 saturated heterocycles. The number of carbonyl (C=O) groups is 2. The summed E-state index contributed by atoms with van der Waals surface area (Å²) < 4.78 is 27.4. The summed E-state index contributed by atoms with van der Waals surface area (Å²) in [5.41, 5.74) is 2.72. The lowest BCUT2D eigenvalue weighted by molar-refractivity contribution is -0.141. The molecule has 1 heterocycles. The van der Waals surface area contributed by atoms with Crippen LogP contribution in [0.25, 0.3) is 0 Å². The normalized spacial score (nSPS) is 14.4. The molecule has 1 aliphatic rings. The highest BCUT2D eigenvalue weighted by Crippen LogP contribution is 2.22. The number of nitrogens with one attached hydrogen (secondary N) is 1. The van der Waals surface area contributed by atoms with Crippen LogP contribution in [0.2, 0.25) is 5.02 Å². The molecule has 1 fully saturated rings. The SMILES string of the molecule is CCCCCNC(=O)C(Cc1ccccc1)N(Cc1ccc(Cl)cc1)C(=O)CCc1ccc(S(=O)(=O)N2CCCC2)cc1. The number of hydrogen-bond donors (Lipinski definition) is 1. The first-order valence-electron chi connectivity index (χ1n) is 15.2. The largest absolute Gasteiger partial charge is 0.354 e. The fourth-order valence-corrected chi connectivity index (χ4v) is 6.99. The maximum atomic E-state index is 13.9. The molecule has 4 rings (SSSR count). The van der Waals surface area contributed by atoms with E-state index in [9.17, 15) is 18.0 Å². The molecule has 1 aliphatic heterocycles. The number of halogens is 1. The number of hydrogen-bond acceptors (Lipinski definition) is 4. The number of aryl methyl sites for hydroxylation is 1. The zero-order chi connectivity index (χ0) is 30.7. The first kappa shape index (κ1) is 32.7. The van der Waals surface area contributed by atoms with Crippen LogP contribution < -0.4 is 5.32 Å². The van der Waals surface area contributed by atoms with E-state index in [4.69, 9.17) is 11.6 Å². The summed E-state index contributed by atoms with van der Waals surface area (Å²) >= 11 is 6.12. The van der Waals surface area contributed by atoms with Crippen molar-refractivity contribution in [3.05, 3.63) is 101 Å². The molecule has 9 heteroatoms. The van der Waals surface area contributed by atoms with Gasteiger partial charge in [0.2, 0.25) is 21.8 Å². The van der Waals surface area contributed by atoms with Crippen LogP contribution in [0.1, 0.15) is 62.1 Å². The lowest BCUT2D eigenvalue weighted by atomic mass is 10.0. The van der Waals surface area contributed by atoms with Gasteiger partial charge in [0.1, 0.15) is 6.04 Å². The topological polar surface area (TPSA) is 86.8 Å². The minimum Gasteiger partial charge on any atom is -0.354 e. The van der Waals surface area contributed by atoms with Crippen LogP contribution in [0.3, 0.4) is 0 Å². The maximum absolute atomic E-state index is 13.9. The summed E-state index contributed by atoms with van der Waals surface area (Å²) in [5, 5.41) is 3.67. The van der Waals surface area contributed by atoms with Crippen LogP contribution in [-0.2, 0) is 39.0 Å². The van der Waals surface area contributed by atoms with Crippen molar-refractivity contribution in [2.45, 2.75) is 75.8 Å². The first-order chi connectivity index (χ1) is 20.8. The second-order valence-electron chi connectivity index (χ2n) is 11.1. The van der Waals surface area contributed by atoms with Crippen molar-refractivity contribution in [1.82, 2.24) is 14.5 Å². The molecule has 0 spiro atoms. The second-order valence-corrected chi connectivity index (χ2v) is 13.5. The minimum absolute atomic E-state index is 0.145. The standard InChI is InChI=1S/C34H42ClN3O4S/c1-2-3-7-22-36-34(40)32(25-28-10-5-4-6-11-28)38(26-29-12-17-30(35)18-13-29)33(39)21-16-27-14-19-31(20-15-27)43(41,42)37-23-8-9-24-37/h4-6,10-15,17-20,32H,2-3,7-9,16,21-26H2,1H3,(H,36,40). The van der Waals surface area contributed by atoms with Crippen molar-refractivity contribution in [1.29, 1.82) is 0 Å². The molecule has 2 amide bonds. The molecule has 1 unspecified atom stereocenters.